The number of nitrogens with two attached hydrogens (primary N) is 1. The topological polar surface area (TPSA) is 52.3 Å². The van der Waals surface area contributed by atoms with Crippen molar-refractivity contribution in [1.29, 1.82) is 0 Å². The van der Waals surface area contributed by atoms with Crippen molar-refractivity contribution in [2.75, 3.05) is 7.11 Å². The van der Waals surface area contributed by atoms with Gasteiger partial charge in [-0.25, -0.2) is 0 Å². The van der Waals surface area contributed by atoms with E-state index in [0.29, 0.717) is 6.42 Å². The second kappa shape index (κ2) is 4.03. The number of benzene rings is 1. The van der Waals surface area contributed by atoms with Crippen molar-refractivity contribution in [1.82, 2.24) is 0 Å². The molecule has 2 rings (SSSR count). The molecule has 2 N–H and O–H groups in total. The molecule has 3 heteroatoms. The predicted molar refractivity (Wildman–Crippen MR) is 58.2 cm³/mol. The van der Waals surface area contributed by atoms with E-state index >= 15 is 0 Å². The Kier molecular flexibility index (Phi) is 2.73. The van der Waals surface area contributed by atoms with Gasteiger partial charge in [-0.3, -0.25) is 4.79 Å². The Labute approximate surface area is 89.2 Å². The molecule has 1 aromatic carbocycles. The van der Waals surface area contributed by atoms with Crippen LogP contribution in [0, 0.1) is 0 Å². The minimum absolute atomic E-state index is 0.00380. The highest BCUT2D eigenvalue weighted by Gasteiger charge is 2.20. The molecule has 0 unspecified atom stereocenters. The van der Waals surface area contributed by atoms with E-state index in [1.807, 2.05) is 18.2 Å². The molecule has 1 aliphatic rings. The van der Waals surface area contributed by atoms with Gasteiger partial charge in [0.2, 0.25) is 0 Å². The molecule has 0 saturated carbocycles. The van der Waals surface area contributed by atoms with Gasteiger partial charge in [0.25, 0.3) is 0 Å². The summed E-state index contributed by atoms with van der Waals surface area (Å²) in [5, 5.41) is 0. The minimum Gasteiger partial charge on any atom is -0.497 e. The molecule has 80 valence electrons. The van der Waals surface area contributed by atoms with Gasteiger partial charge in [0, 0.05) is 18.0 Å². The number of fused-ring (bicyclic) bond motifs is 1. The molecule has 15 heavy (non-hydrogen) atoms. The Hall–Kier alpha value is -1.35. The summed E-state index contributed by atoms with van der Waals surface area (Å²) < 4.78 is 5.14. The molecule has 0 spiro atoms. The third kappa shape index (κ3) is 2.02. The normalized spacial score (nSPS) is 20.7. The first-order valence-electron chi connectivity index (χ1n) is 5.16. The molecule has 3 nitrogen and oxygen atoms in total. The highest BCUT2D eigenvalue weighted by Crippen LogP contribution is 2.24. The standard InChI is InChI=1S/C12H15NO2/c1-15-10-4-5-11-8(6-10)2-3-9(13)7-12(11)14/h4-6,9H,2-3,7,13H2,1H3/t9-/m1/s1. The fraction of sp³-hybridized carbons (Fsp3) is 0.417. The second-order valence-electron chi connectivity index (χ2n) is 3.95. The number of hydrogen-bond acceptors (Lipinski definition) is 3. The van der Waals surface area contributed by atoms with Crippen LogP contribution in [-0.2, 0) is 6.42 Å². The number of aryl methyl sites for hydroxylation is 1. The van der Waals surface area contributed by atoms with Gasteiger partial charge < -0.3 is 10.5 Å². The molecular weight excluding hydrogens is 190 g/mol. The molecule has 0 amide bonds. The van der Waals surface area contributed by atoms with Crippen molar-refractivity contribution >= 4 is 5.78 Å². The van der Waals surface area contributed by atoms with Gasteiger partial charge in [0.1, 0.15) is 5.75 Å². The number of ether oxygens (including phenoxy) is 1. The molecule has 0 heterocycles. The highest BCUT2D eigenvalue weighted by molar-refractivity contribution is 5.98. The lowest BCUT2D eigenvalue weighted by Crippen LogP contribution is -2.21. The number of hydrogen-bond donors (Lipinski definition) is 1. The van der Waals surface area contributed by atoms with Crippen molar-refractivity contribution in [3.8, 4) is 5.75 Å². The first kappa shape index (κ1) is 10.2. The van der Waals surface area contributed by atoms with Crippen LogP contribution in [0.3, 0.4) is 0 Å². The van der Waals surface area contributed by atoms with Crippen molar-refractivity contribution in [3.05, 3.63) is 29.3 Å². The van der Waals surface area contributed by atoms with Crippen LogP contribution in [0.25, 0.3) is 0 Å². The number of Topliss-reactive ketones (excluding diaryl/α,β-unsaturated/α-hetero) is 1. The van der Waals surface area contributed by atoms with Crippen LogP contribution in [0.2, 0.25) is 0 Å². The third-order valence-electron chi connectivity index (χ3n) is 2.84. The first-order chi connectivity index (χ1) is 7.20. The number of carbonyl (C=O) groups is 1. The number of rotatable bonds is 1. The maximum atomic E-state index is 11.8. The van der Waals surface area contributed by atoms with Crippen LogP contribution in [-0.4, -0.2) is 18.9 Å². The van der Waals surface area contributed by atoms with E-state index in [9.17, 15) is 4.79 Å². The van der Waals surface area contributed by atoms with Crippen molar-refractivity contribution < 1.29 is 9.53 Å². The van der Waals surface area contributed by atoms with E-state index in [1.165, 1.54) is 0 Å². The molecule has 0 aliphatic heterocycles. The summed E-state index contributed by atoms with van der Waals surface area (Å²) in [7, 11) is 1.63. The lowest BCUT2D eigenvalue weighted by atomic mass is 10.0. The second-order valence-corrected chi connectivity index (χ2v) is 3.95. The van der Waals surface area contributed by atoms with Gasteiger partial charge in [0.15, 0.2) is 5.78 Å². The summed E-state index contributed by atoms with van der Waals surface area (Å²) >= 11 is 0. The maximum Gasteiger partial charge on any atom is 0.164 e. The fourth-order valence-corrected chi connectivity index (χ4v) is 1.97. The van der Waals surface area contributed by atoms with E-state index in [4.69, 9.17) is 10.5 Å². The number of ketones is 1. The molecule has 1 aromatic rings. The van der Waals surface area contributed by atoms with Gasteiger partial charge in [-0.05, 0) is 36.6 Å². The molecular formula is C12H15NO2. The molecule has 1 atom stereocenters. The largest absolute Gasteiger partial charge is 0.497 e. The lowest BCUT2D eigenvalue weighted by molar-refractivity contribution is 0.0976. The van der Waals surface area contributed by atoms with Gasteiger partial charge in [0.05, 0.1) is 7.11 Å². The Balaban J connectivity index is 2.39. The van der Waals surface area contributed by atoms with Crippen LogP contribution in [0.4, 0.5) is 0 Å². The monoisotopic (exact) mass is 205 g/mol. The molecule has 0 saturated heterocycles. The Morgan fingerprint density at radius 1 is 1.47 bits per heavy atom. The molecule has 0 aromatic heterocycles. The highest BCUT2D eigenvalue weighted by atomic mass is 16.5. The smallest absolute Gasteiger partial charge is 0.164 e. The van der Waals surface area contributed by atoms with E-state index in [0.717, 1.165) is 29.7 Å². The van der Waals surface area contributed by atoms with E-state index in [2.05, 4.69) is 0 Å². The molecule has 0 bridgehead atoms. The number of carbonyl (C=O) groups excluding carboxylic acids is 1. The van der Waals surface area contributed by atoms with E-state index in [-0.39, 0.29) is 11.8 Å². The van der Waals surface area contributed by atoms with Crippen LogP contribution < -0.4 is 10.5 Å². The van der Waals surface area contributed by atoms with Gasteiger partial charge >= 0.3 is 0 Å². The quantitative estimate of drug-likeness (QED) is 0.707. The summed E-state index contributed by atoms with van der Waals surface area (Å²) in [5.74, 6) is 0.953. The van der Waals surface area contributed by atoms with Gasteiger partial charge in [-0.1, -0.05) is 0 Å². The first-order valence-corrected chi connectivity index (χ1v) is 5.16. The summed E-state index contributed by atoms with van der Waals surface area (Å²) in [6.45, 7) is 0. The van der Waals surface area contributed by atoms with Crippen LogP contribution in [0.5, 0.6) is 5.75 Å². The summed E-state index contributed by atoms with van der Waals surface area (Å²) in [5.41, 5.74) is 7.69. The Morgan fingerprint density at radius 2 is 2.27 bits per heavy atom. The maximum absolute atomic E-state index is 11.8. The Bertz CT molecular complexity index is 387. The van der Waals surface area contributed by atoms with E-state index in [1.54, 1.807) is 7.11 Å². The average molecular weight is 205 g/mol. The zero-order valence-electron chi connectivity index (χ0n) is 8.82. The summed E-state index contributed by atoms with van der Waals surface area (Å²) in [6, 6.07) is 5.60. The molecule has 0 fully saturated rings. The average Bonchev–Trinajstić information content (AvgIpc) is 2.38. The Morgan fingerprint density at radius 3 is 3.00 bits per heavy atom. The van der Waals surface area contributed by atoms with Crippen LogP contribution in [0.15, 0.2) is 18.2 Å². The van der Waals surface area contributed by atoms with Gasteiger partial charge in [-0.2, -0.15) is 0 Å². The van der Waals surface area contributed by atoms with Gasteiger partial charge in [-0.15, -0.1) is 0 Å². The van der Waals surface area contributed by atoms with Crippen LogP contribution in [0.1, 0.15) is 28.8 Å². The van der Waals surface area contributed by atoms with E-state index < -0.39 is 0 Å². The van der Waals surface area contributed by atoms with Crippen LogP contribution >= 0.6 is 0 Å². The minimum atomic E-state index is -0.00380. The summed E-state index contributed by atoms with van der Waals surface area (Å²) in [4.78, 5) is 11.8. The zero-order valence-corrected chi connectivity index (χ0v) is 8.82. The summed E-state index contributed by atoms with van der Waals surface area (Å²) in [6.07, 6.45) is 2.19. The number of methoxy groups -OCH3 is 1. The lowest BCUT2D eigenvalue weighted by Gasteiger charge is -2.06. The zero-order chi connectivity index (χ0) is 10.8. The van der Waals surface area contributed by atoms with Crippen molar-refractivity contribution in [2.45, 2.75) is 25.3 Å². The van der Waals surface area contributed by atoms with Crippen molar-refractivity contribution in [3.63, 3.8) is 0 Å². The SMILES string of the molecule is COc1ccc2c(c1)CC[C@@H](N)CC2=O. The van der Waals surface area contributed by atoms with Crippen molar-refractivity contribution in [2.24, 2.45) is 5.73 Å². The molecule has 0 radical (unpaired) electrons. The third-order valence-corrected chi connectivity index (χ3v) is 2.84. The molecule has 1 aliphatic carbocycles. The fourth-order valence-electron chi connectivity index (χ4n) is 1.97. The predicted octanol–water partition coefficient (Wildman–Crippen LogP) is 1.54.